The van der Waals surface area contributed by atoms with Crippen molar-refractivity contribution in [2.75, 3.05) is 0 Å². The van der Waals surface area contributed by atoms with E-state index < -0.39 is 17.2 Å². The van der Waals surface area contributed by atoms with Gasteiger partial charge in [-0.15, -0.1) is 0 Å². The Labute approximate surface area is 169 Å². The number of fused-ring (bicyclic) bond motifs is 1. The third kappa shape index (κ3) is 5.58. The Morgan fingerprint density at radius 2 is 1.86 bits per heavy atom. The second-order valence-corrected chi connectivity index (χ2v) is 8.68. The van der Waals surface area contributed by atoms with Crippen LogP contribution < -0.4 is 16.6 Å². The largest absolute Gasteiger partial charge is 0.351 e. The van der Waals surface area contributed by atoms with Crippen LogP contribution in [-0.2, 0) is 4.79 Å². The summed E-state index contributed by atoms with van der Waals surface area (Å²) in [5, 5.41) is 2.46. The highest BCUT2D eigenvalue weighted by Crippen LogP contribution is 2.27. The predicted molar refractivity (Wildman–Crippen MR) is 112 cm³/mol. The van der Waals surface area contributed by atoms with Crippen LogP contribution >= 0.6 is 11.8 Å². The molecule has 152 valence electrons. The molecule has 3 amide bonds. The van der Waals surface area contributed by atoms with Crippen LogP contribution in [0.5, 0.6) is 0 Å². The first kappa shape index (κ1) is 21.9. The number of carbonyl (C=O) groups is 2. The van der Waals surface area contributed by atoms with Gasteiger partial charge < -0.3 is 5.73 Å². The van der Waals surface area contributed by atoms with Gasteiger partial charge in [0.05, 0.1) is 16.2 Å². The Morgan fingerprint density at radius 3 is 2.50 bits per heavy atom. The Kier molecular flexibility index (Phi) is 7.62. The summed E-state index contributed by atoms with van der Waals surface area (Å²) in [6, 6.07) is 6.22. The SMILES string of the molecule is CC(C)CCC[C@H](C)n1c(S[C@H](C)C(=O)NC(N)=O)nc2ccccc2c1=O. The summed E-state index contributed by atoms with van der Waals surface area (Å²) in [6.07, 6.45) is 2.92. The van der Waals surface area contributed by atoms with Gasteiger partial charge in [-0.3, -0.25) is 19.5 Å². The summed E-state index contributed by atoms with van der Waals surface area (Å²) in [4.78, 5) is 40.8. The second-order valence-electron chi connectivity index (χ2n) is 7.37. The molecular formula is C20H28N4O3S. The molecule has 2 atom stereocenters. The minimum absolute atomic E-state index is 0.0581. The number of benzene rings is 1. The average molecular weight is 405 g/mol. The number of aromatic nitrogens is 2. The van der Waals surface area contributed by atoms with Crippen molar-refractivity contribution in [1.82, 2.24) is 14.9 Å². The van der Waals surface area contributed by atoms with Gasteiger partial charge >= 0.3 is 6.03 Å². The number of nitrogens with one attached hydrogen (secondary N) is 1. The molecular weight excluding hydrogens is 376 g/mol. The van der Waals surface area contributed by atoms with Crippen LogP contribution in [0.4, 0.5) is 4.79 Å². The Morgan fingerprint density at radius 1 is 1.18 bits per heavy atom. The van der Waals surface area contributed by atoms with Crippen LogP contribution in [0.15, 0.2) is 34.2 Å². The number of thioether (sulfide) groups is 1. The van der Waals surface area contributed by atoms with Gasteiger partial charge in [-0.05, 0) is 38.3 Å². The topological polar surface area (TPSA) is 107 Å². The third-order valence-electron chi connectivity index (χ3n) is 4.52. The first-order chi connectivity index (χ1) is 13.2. The molecule has 0 unspecified atom stereocenters. The van der Waals surface area contributed by atoms with Crippen molar-refractivity contribution in [2.24, 2.45) is 11.7 Å². The molecule has 2 rings (SSSR count). The highest BCUT2D eigenvalue weighted by Gasteiger charge is 2.22. The van der Waals surface area contributed by atoms with Gasteiger partial charge in [0, 0.05) is 6.04 Å². The zero-order valence-corrected chi connectivity index (χ0v) is 17.6. The number of amides is 3. The van der Waals surface area contributed by atoms with Crippen LogP contribution in [0, 0.1) is 5.92 Å². The van der Waals surface area contributed by atoms with Gasteiger partial charge in [-0.1, -0.05) is 50.6 Å². The molecule has 0 saturated carbocycles. The number of imide groups is 1. The van der Waals surface area contributed by atoms with Gasteiger partial charge in [0.1, 0.15) is 0 Å². The van der Waals surface area contributed by atoms with Gasteiger partial charge in [0.2, 0.25) is 5.91 Å². The number of nitrogens with zero attached hydrogens (tertiary/aromatic N) is 2. The summed E-state index contributed by atoms with van der Waals surface area (Å²) in [5.41, 5.74) is 5.50. The fraction of sp³-hybridized carbons (Fsp3) is 0.500. The molecule has 8 heteroatoms. The molecule has 0 aliphatic rings. The zero-order valence-electron chi connectivity index (χ0n) is 16.8. The molecule has 1 aromatic carbocycles. The molecule has 3 N–H and O–H groups in total. The predicted octanol–water partition coefficient (Wildman–Crippen LogP) is 3.46. The van der Waals surface area contributed by atoms with E-state index in [4.69, 9.17) is 5.73 Å². The van der Waals surface area contributed by atoms with Crippen molar-refractivity contribution in [3.05, 3.63) is 34.6 Å². The number of primary amides is 1. The van der Waals surface area contributed by atoms with E-state index in [-0.39, 0.29) is 11.6 Å². The van der Waals surface area contributed by atoms with E-state index in [9.17, 15) is 14.4 Å². The maximum Gasteiger partial charge on any atom is 0.318 e. The maximum atomic E-state index is 13.2. The smallest absolute Gasteiger partial charge is 0.318 e. The Bertz CT molecular complexity index is 910. The van der Waals surface area contributed by atoms with E-state index in [1.807, 2.05) is 19.1 Å². The van der Waals surface area contributed by atoms with E-state index in [1.54, 1.807) is 23.6 Å². The lowest BCUT2D eigenvalue weighted by atomic mass is 10.0. The Hall–Kier alpha value is -2.35. The minimum Gasteiger partial charge on any atom is -0.351 e. The molecule has 1 heterocycles. The number of hydrogen-bond donors (Lipinski definition) is 2. The molecule has 2 aromatic rings. The minimum atomic E-state index is -0.900. The van der Waals surface area contributed by atoms with Crippen molar-refractivity contribution < 1.29 is 9.59 Å². The fourth-order valence-electron chi connectivity index (χ4n) is 2.98. The third-order valence-corrected chi connectivity index (χ3v) is 5.58. The molecule has 28 heavy (non-hydrogen) atoms. The highest BCUT2D eigenvalue weighted by atomic mass is 32.2. The molecule has 0 aliphatic carbocycles. The van der Waals surface area contributed by atoms with Crippen molar-refractivity contribution in [3.63, 3.8) is 0 Å². The number of carbonyl (C=O) groups excluding carboxylic acids is 2. The molecule has 0 saturated heterocycles. The lowest BCUT2D eigenvalue weighted by Crippen LogP contribution is -2.39. The summed E-state index contributed by atoms with van der Waals surface area (Å²) in [5.74, 6) is 0.0870. The van der Waals surface area contributed by atoms with E-state index in [0.717, 1.165) is 31.0 Å². The standard InChI is InChI=1S/C20H28N4O3S/c1-12(2)8-7-9-13(3)24-18(26)15-10-5-6-11-16(15)22-20(24)28-14(4)17(25)23-19(21)27/h5-6,10-14H,7-9H2,1-4H3,(H3,21,23,25,27)/t13-,14+/m0/s1. The summed E-state index contributed by atoms with van der Waals surface area (Å²) < 4.78 is 1.67. The molecule has 1 aromatic heterocycles. The highest BCUT2D eigenvalue weighted by molar-refractivity contribution is 8.00. The molecule has 0 aliphatic heterocycles. The zero-order chi connectivity index (χ0) is 20.8. The number of rotatable bonds is 8. The molecule has 0 bridgehead atoms. The molecule has 0 fully saturated rings. The van der Waals surface area contributed by atoms with Gasteiger partial charge in [0.15, 0.2) is 5.16 Å². The van der Waals surface area contributed by atoms with Crippen LogP contribution in [0.2, 0.25) is 0 Å². The molecule has 0 spiro atoms. The van der Waals surface area contributed by atoms with Crippen molar-refractivity contribution in [2.45, 2.75) is 63.4 Å². The van der Waals surface area contributed by atoms with Gasteiger partial charge in [0.25, 0.3) is 5.56 Å². The first-order valence-corrected chi connectivity index (χ1v) is 10.4. The van der Waals surface area contributed by atoms with Crippen molar-refractivity contribution in [1.29, 1.82) is 0 Å². The summed E-state index contributed by atoms with van der Waals surface area (Å²) in [6.45, 7) is 8.00. The van der Waals surface area contributed by atoms with Crippen molar-refractivity contribution >= 4 is 34.6 Å². The lowest BCUT2D eigenvalue weighted by molar-refractivity contribution is -0.119. The molecule has 0 radical (unpaired) electrons. The van der Waals surface area contributed by atoms with Crippen LogP contribution in [0.25, 0.3) is 10.9 Å². The van der Waals surface area contributed by atoms with E-state index in [1.165, 1.54) is 0 Å². The van der Waals surface area contributed by atoms with Crippen LogP contribution in [0.3, 0.4) is 0 Å². The quantitative estimate of drug-likeness (QED) is 0.517. The second kappa shape index (κ2) is 9.73. The monoisotopic (exact) mass is 404 g/mol. The van der Waals surface area contributed by atoms with E-state index in [0.29, 0.717) is 22.0 Å². The number of para-hydroxylation sites is 1. The van der Waals surface area contributed by atoms with Crippen LogP contribution in [0.1, 0.15) is 53.0 Å². The number of urea groups is 1. The summed E-state index contributed by atoms with van der Waals surface area (Å²) in [7, 11) is 0. The maximum absolute atomic E-state index is 13.2. The lowest BCUT2D eigenvalue weighted by Gasteiger charge is -2.21. The normalized spacial score (nSPS) is 13.5. The number of hydrogen-bond acceptors (Lipinski definition) is 5. The first-order valence-electron chi connectivity index (χ1n) is 9.49. The molecule has 7 nitrogen and oxygen atoms in total. The van der Waals surface area contributed by atoms with Gasteiger partial charge in [-0.25, -0.2) is 9.78 Å². The fourth-order valence-corrected chi connectivity index (χ4v) is 3.99. The van der Waals surface area contributed by atoms with Crippen molar-refractivity contribution in [3.8, 4) is 0 Å². The average Bonchev–Trinajstić information content (AvgIpc) is 2.60. The van der Waals surface area contributed by atoms with Crippen LogP contribution in [-0.4, -0.2) is 26.7 Å². The Balaban J connectivity index is 2.40. The van der Waals surface area contributed by atoms with E-state index >= 15 is 0 Å². The van der Waals surface area contributed by atoms with E-state index in [2.05, 4.69) is 24.1 Å². The number of nitrogens with two attached hydrogens (primary N) is 1. The van der Waals surface area contributed by atoms with Gasteiger partial charge in [-0.2, -0.15) is 0 Å². The summed E-state index contributed by atoms with van der Waals surface area (Å²) >= 11 is 1.15.